The molecule has 0 unspecified atom stereocenters. The smallest absolute Gasteiger partial charge is 0.449 e. The first-order chi connectivity index (χ1) is 5.45. The Balaban J connectivity index is 3.13. The van der Waals surface area contributed by atoms with E-state index in [1.807, 2.05) is 0 Å². The van der Waals surface area contributed by atoms with Crippen molar-refractivity contribution in [2.75, 3.05) is 0 Å². The van der Waals surface area contributed by atoms with Gasteiger partial charge in [0.1, 0.15) is 5.76 Å². The topological polar surface area (TPSA) is 13.1 Å². The summed E-state index contributed by atoms with van der Waals surface area (Å²) in [5.41, 5.74) is 0.222. The van der Waals surface area contributed by atoms with Crippen molar-refractivity contribution >= 4 is 0 Å². The highest BCUT2D eigenvalue weighted by molar-refractivity contribution is 5.23. The molecule has 1 nitrogen and oxygen atoms in total. The summed E-state index contributed by atoms with van der Waals surface area (Å²) in [7, 11) is 0. The van der Waals surface area contributed by atoms with Gasteiger partial charge in [0.25, 0.3) is 0 Å². The summed E-state index contributed by atoms with van der Waals surface area (Å²) in [6.45, 7) is 3.17. The fourth-order valence-corrected chi connectivity index (χ4v) is 1.07. The number of aryl methyl sites for hydroxylation is 2. The average Bonchev–Trinajstić information content (AvgIpc) is 2.29. The number of hydrogen-bond acceptors (Lipinski definition) is 1. The van der Waals surface area contributed by atoms with Crippen molar-refractivity contribution in [3.05, 3.63) is 23.2 Å². The Morgan fingerprint density at radius 1 is 1.42 bits per heavy atom. The van der Waals surface area contributed by atoms with Crippen LogP contribution in [0.5, 0.6) is 0 Å². The average molecular weight is 178 g/mol. The summed E-state index contributed by atoms with van der Waals surface area (Å²) in [6, 6.07) is 1.42. The van der Waals surface area contributed by atoms with Gasteiger partial charge in [-0.2, -0.15) is 13.2 Å². The van der Waals surface area contributed by atoms with Crippen molar-refractivity contribution in [1.29, 1.82) is 0 Å². The number of rotatable bonds is 1. The predicted octanol–water partition coefficient (Wildman–Crippen LogP) is 3.17. The van der Waals surface area contributed by atoms with Gasteiger partial charge in [0, 0.05) is 5.56 Å². The van der Waals surface area contributed by atoms with Gasteiger partial charge in [-0.05, 0) is 19.4 Å². The van der Waals surface area contributed by atoms with Crippen LogP contribution in [0.4, 0.5) is 13.2 Å². The van der Waals surface area contributed by atoms with Crippen molar-refractivity contribution in [1.82, 2.24) is 0 Å². The van der Waals surface area contributed by atoms with Gasteiger partial charge in [-0.1, -0.05) is 6.92 Å². The molecular weight excluding hydrogens is 169 g/mol. The third kappa shape index (κ3) is 1.62. The fraction of sp³-hybridized carbons (Fsp3) is 0.500. The Morgan fingerprint density at radius 3 is 2.33 bits per heavy atom. The molecule has 0 spiro atoms. The quantitative estimate of drug-likeness (QED) is 0.643. The third-order valence-corrected chi connectivity index (χ3v) is 1.57. The van der Waals surface area contributed by atoms with Crippen molar-refractivity contribution in [2.24, 2.45) is 0 Å². The molecule has 0 bridgehead atoms. The zero-order valence-corrected chi connectivity index (χ0v) is 6.83. The van der Waals surface area contributed by atoms with E-state index >= 15 is 0 Å². The molecule has 0 aromatic carbocycles. The van der Waals surface area contributed by atoms with Gasteiger partial charge in [0.05, 0.1) is 0 Å². The third-order valence-electron chi connectivity index (χ3n) is 1.57. The maximum Gasteiger partial charge on any atom is 0.449 e. The molecule has 0 N–H and O–H groups in total. The number of halogens is 3. The van der Waals surface area contributed by atoms with Crippen molar-refractivity contribution < 1.29 is 17.6 Å². The summed E-state index contributed by atoms with van der Waals surface area (Å²) < 4.78 is 41.0. The van der Waals surface area contributed by atoms with Crippen LogP contribution in [-0.2, 0) is 12.6 Å². The molecule has 1 aromatic heterocycles. The van der Waals surface area contributed by atoms with E-state index in [1.165, 1.54) is 13.0 Å². The summed E-state index contributed by atoms with van der Waals surface area (Å²) in [6.07, 6.45) is -4.02. The molecule has 0 amide bonds. The van der Waals surface area contributed by atoms with Crippen LogP contribution < -0.4 is 0 Å². The van der Waals surface area contributed by atoms with Crippen LogP contribution in [0.1, 0.15) is 24.0 Å². The summed E-state index contributed by atoms with van der Waals surface area (Å²) >= 11 is 0. The lowest BCUT2D eigenvalue weighted by atomic mass is 10.2. The van der Waals surface area contributed by atoms with Gasteiger partial charge < -0.3 is 4.42 Å². The molecule has 0 fully saturated rings. The second-order valence-corrected chi connectivity index (χ2v) is 2.56. The zero-order valence-electron chi connectivity index (χ0n) is 6.83. The molecular formula is C8H9F3O. The van der Waals surface area contributed by atoms with Gasteiger partial charge in [-0.3, -0.25) is 0 Å². The Morgan fingerprint density at radius 2 is 2.00 bits per heavy atom. The molecule has 1 aromatic rings. The minimum atomic E-state index is -4.36. The maximum atomic E-state index is 12.2. The lowest BCUT2D eigenvalue weighted by Crippen LogP contribution is -2.05. The van der Waals surface area contributed by atoms with Gasteiger partial charge in [0.15, 0.2) is 0 Å². The van der Waals surface area contributed by atoms with E-state index in [2.05, 4.69) is 4.42 Å². The Hall–Kier alpha value is -0.930. The highest BCUT2D eigenvalue weighted by atomic mass is 19.4. The monoisotopic (exact) mass is 178 g/mol. The van der Waals surface area contributed by atoms with Crippen LogP contribution in [0.15, 0.2) is 10.5 Å². The van der Waals surface area contributed by atoms with Crippen LogP contribution in [0.2, 0.25) is 0 Å². The van der Waals surface area contributed by atoms with Crippen LogP contribution in [-0.4, -0.2) is 0 Å². The summed E-state index contributed by atoms with van der Waals surface area (Å²) in [5.74, 6) is -0.554. The van der Waals surface area contributed by atoms with E-state index in [1.54, 1.807) is 6.92 Å². The minimum Gasteiger partial charge on any atom is -0.457 e. The first kappa shape index (κ1) is 9.16. The van der Waals surface area contributed by atoms with E-state index in [0.29, 0.717) is 12.2 Å². The van der Waals surface area contributed by atoms with E-state index in [4.69, 9.17) is 0 Å². The highest BCUT2D eigenvalue weighted by Gasteiger charge is 2.37. The lowest BCUT2D eigenvalue weighted by molar-refractivity contribution is -0.154. The first-order valence-corrected chi connectivity index (χ1v) is 3.61. The van der Waals surface area contributed by atoms with Crippen LogP contribution in [0, 0.1) is 6.92 Å². The Kier molecular flexibility index (Phi) is 2.17. The van der Waals surface area contributed by atoms with Crippen molar-refractivity contribution in [3.8, 4) is 0 Å². The first-order valence-electron chi connectivity index (χ1n) is 3.61. The molecule has 0 atom stereocenters. The molecule has 0 radical (unpaired) electrons. The van der Waals surface area contributed by atoms with Crippen molar-refractivity contribution in [2.45, 2.75) is 26.4 Å². The molecule has 68 valence electrons. The van der Waals surface area contributed by atoms with Gasteiger partial charge in [-0.15, -0.1) is 0 Å². The Bertz CT molecular complexity index is 272. The zero-order chi connectivity index (χ0) is 9.35. The summed E-state index contributed by atoms with van der Waals surface area (Å²) in [4.78, 5) is 0. The predicted molar refractivity (Wildman–Crippen MR) is 37.8 cm³/mol. The van der Waals surface area contributed by atoms with Crippen LogP contribution in [0.3, 0.4) is 0 Å². The highest BCUT2D eigenvalue weighted by Crippen LogP contribution is 2.34. The van der Waals surface area contributed by atoms with Crippen LogP contribution in [0.25, 0.3) is 0 Å². The fourth-order valence-electron chi connectivity index (χ4n) is 1.07. The normalized spacial score (nSPS) is 12.1. The minimum absolute atomic E-state index is 0.222. The largest absolute Gasteiger partial charge is 0.457 e. The Labute approximate surface area is 68.2 Å². The molecule has 0 saturated carbocycles. The molecule has 0 aliphatic carbocycles. The summed E-state index contributed by atoms with van der Waals surface area (Å²) in [5, 5.41) is 0. The second-order valence-electron chi connectivity index (χ2n) is 2.56. The van der Waals surface area contributed by atoms with Gasteiger partial charge in [-0.25, -0.2) is 0 Å². The van der Waals surface area contributed by atoms with E-state index < -0.39 is 11.9 Å². The maximum absolute atomic E-state index is 12.2. The number of alkyl halides is 3. The molecule has 0 aliphatic heterocycles. The van der Waals surface area contributed by atoms with E-state index in [9.17, 15) is 13.2 Å². The molecule has 1 heterocycles. The number of furan rings is 1. The van der Waals surface area contributed by atoms with E-state index in [-0.39, 0.29) is 5.56 Å². The number of hydrogen-bond donors (Lipinski definition) is 0. The molecule has 12 heavy (non-hydrogen) atoms. The van der Waals surface area contributed by atoms with E-state index in [0.717, 1.165) is 0 Å². The van der Waals surface area contributed by atoms with Gasteiger partial charge >= 0.3 is 6.18 Å². The molecule has 1 rings (SSSR count). The van der Waals surface area contributed by atoms with Crippen LogP contribution >= 0.6 is 0 Å². The molecule has 4 heteroatoms. The SMILES string of the molecule is CCc1cc(C)oc1C(F)(F)F. The van der Waals surface area contributed by atoms with Crippen molar-refractivity contribution in [3.63, 3.8) is 0 Å². The molecule has 0 aliphatic rings. The second kappa shape index (κ2) is 2.84. The molecule has 0 saturated heterocycles. The van der Waals surface area contributed by atoms with Gasteiger partial charge in [0.2, 0.25) is 5.76 Å². The standard InChI is InChI=1S/C8H9F3O/c1-3-6-4-5(2)12-7(6)8(9,10)11/h4H,3H2,1-2H3. The lowest BCUT2D eigenvalue weighted by Gasteiger charge is -2.03.